The number of halogens is 3. The largest absolute Gasteiger partial charge is 0.489 e. The van der Waals surface area contributed by atoms with Crippen LogP contribution in [0.3, 0.4) is 0 Å². The number of amides is 2. The van der Waals surface area contributed by atoms with Crippen molar-refractivity contribution in [1.82, 2.24) is 0 Å². The third-order valence-corrected chi connectivity index (χ3v) is 4.68. The first-order valence-electron chi connectivity index (χ1n) is 8.71. The summed E-state index contributed by atoms with van der Waals surface area (Å²) in [6, 6.07) is 2.08. The predicted octanol–water partition coefficient (Wildman–Crippen LogP) is 4.32. The number of aliphatic carboxylic acids is 1. The number of anilines is 1. The average Bonchev–Trinajstić information content (AvgIpc) is 2.64. The maximum Gasteiger partial charge on any atom is 0.332 e. The van der Waals surface area contributed by atoms with Crippen LogP contribution in [0.2, 0.25) is 5.02 Å². The highest BCUT2D eigenvalue weighted by Crippen LogP contribution is 2.35. The molecular weight excluding hydrogens is 412 g/mol. The lowest BCUT2D eigenvalue weighted by Crippen LogP contribution is -2.40. The molecule has 28 heavy (non-hydrogen) atoms. The van der Waals surface area contributed by atoms with E-state index in [0.29, 0.717) is 17.7 Å². The van der Waals surface area contributed by atoms with Crippen molar-refractivity contribution in [3.63, 3.8) is 0 Å². The fourth-order valence-corrected chi connectivity index (χ4v) is 3.28. The molecule has 6 nitrogen and oxygen atoms in total. The summed E-state index contributed by atoms with van der Waals surface area (Å²) in [5.41, 5.74) is -0.493. The second-order valence-electron chi connectivity index (χ2n) is 6.54. The standard InChI is InChI=1S/C19H20Cl2FNO5/c1-10(2)28-16-8-15(14(22)7-13(16)21)23(17(24)9-20)18(25)11-5-3-4-6-12(11)19(26)27/h7-8,10H,3-6,9H2,1-2H3,(H,26,27). The van der Waals surface area contributed by atoms with Crippen molar-refractivity contribution >= 4 is 46.7 Å². The smallest absolute Gasteiger partial charge is 0.332 e. The van der Waals surface area contributed by atoms with Gasteiger partial charge in [-0.2, -0.15) is 0 Å². The second kappa shape index (κ2) is 9.39. The fourth-order valence-electron chi connectivity index (χ4n) is 2.96. The van der Waals surface area contributed by atoms with Crippen LogP contribution in [0.1, 0.15) is 39.5 Å². The van der Waals surface area contributed by atoms with Crippen molar-refractivity contribution in [2.75, 3.05) is 10.8 Å². The van der Waals surface area contributed by atoms with E-state index in [0.717, 1.165) is 12.1 Å². The third kappa shape index (κ3) is 4.83. The lowest BCUT2D eigenvalue weighted by molar-refractivity contribution is -0.133. The van der Waals surface area contributed by atoms with Gasteiger partial charge in [-0.25, -0.2) is 14.1 Å². The molecule has 0 spiro atoms. The van der Waals surface area contributed by atoms with E-state index < -0.39 is 35.2 Å². The van der Waals surface area contributed by atoms with Crippen molar-refractivity contribution < 1.29 is 28.6 Å². The highest BCUT2D eigenvalue weighted by Gasteiger charge is 2.33. The number of imide groups is 1. The highest BCUT2D eigenvalue weighted by molar-refractivity contribution is 6.35. The summed E-state index contributed by atoms with van der Waals surface area (Å²) in [7, 11) is 0. The molecule has 152 valence electrons. The Bertz CT molecular complexity index is 838. The van der Waals surface area contributed by atoms with Crippen LogP contribution in [0.5, 0.6) is 5.75 Å². The van der Waals surface area contributed by atoms with Gasteiger partial charge in [-0.1, -0.05) is 11.6 Å². The number of hydrogen-bond acceptors (Lipinski definition) is 4. The number of benzene rings is 1. The molecule has 0 fully saturated rings. The third-order valence-electron chi connectivity index (χ3n) is 4.16. The first-order chi connectivity index (χ1) is 13.2. The Hall–Kier alpha value is -2.12. The maximum atomic E-state index is 14.6. The van der Waals surface area contributed by atoms with Crippen molar-refractivity contribution in [2.45, 2.75) is 45.6 Å². The molecule has 0 aromatic heterocycles. The van der Waals surface area contributed by atoms with E-state index in [9.17, 15) is 23.9 Å². The predicted molar refractivity (Wildman–Crippen MR) is 104 cm³/mol. The quantitative estimate of drug-likeness (QED) is 0.677. The van der Waals surface area contributed by atoms with Crippen molar-refractivity contribution in [3.8, 4) is 5.75 Å². The van der Waals surface area contributed by atoms with Gasteiger partial charge in [0.05, 0.1) is 16.8 Å². The van der Waals surface area contributed by atoms with Gasteiger partial charge in [-0.05, 0) is 45.6 Å². The lowest BCUT2D eigenvalue weighted by Gasteiger charge is -2.25. The molecule has 2 rings (SSSR count). The monoisotopic (exact) mass is 431 g/mol. The molecule has 1 N–H and O–H groups in total. The van der Waals surface area contributed by atoms with Gasteiger partial charge in [0.2, 0.25) is 5.91 Å². The molecule has 9 heteroatoms. The van der Waals surface area contributed by atoms with E-state index in [4.69, 9.17) is 27.9 Å². The summed E-state index contributed by atoms with van der Waals surface area (Å²) >= 11 is 11.6. The SMILES string of the molecule is CC(C)Oc1cc(N(C(=O)CCl)C(=O)C2=C(C(=O)O)CCCC2)c(F)cc1Cl. The zero-order valence-corrected chi connectivity index (χ0v) is 16.9. The molecule has 1 aliphatic rings. The molecule has 0 bridgehead atoms. The van der Waals surface area contributed by atoms with Crippen LogP contribution in [-0.4, -0.2) is 34.9 Å². The fraction of sp³-hybridized carbons (Fsp3) is 0.421. The summed E-state index contributed by atoms with van der Waals surface area (Å²) in [4.78, 5) is 37.5. The Morgan fingerprint density at radius 2 is 1.82 bits per heavy atom. The topological polar surface area (TPSA) is 83.9 Å². The number of carboxylic acids is 1. The Morgan fingerprint density at radius 1 is 1.21 bits per heavy atom. The van der Waals surface area contributed by atoms with Crippen LogP contribution < -0.4 is 9.64 Å². The first-order valence-corrected chi connectivity index (χ1v) is 9.62. The molecule has 1 aromatic rings. The van der Waals surface area contributed by atoms with E-state index in [2.05, 4.69) is 0 Å². The second-order valence-corrected chi connectivity index (χ2v) is 7.21. The number of rotatable bonds is 6. The van der Waals surface area contributed by atoms with Crippen LogP contribution in [0.25, 0.3) is 0 Å². The number of alkyl halides is 1. The number of carboxylic acid groups (broad SMARTS) is 1. The van der Waals surface area contributed by atoms with Gasteiger partial charge in [0.25, 0.3) is 5.91 Å². The molecule has 0 heterocycles. The van der Waals surface area contributed by atoms with Gasteiger partial charge < -0.3 is 9.84 Å². The average molecular weight is 432 g/mol. The van der Waals surface area contributed by atoms with Crippen molar-refractivity contribution in [1.29, 1.82) is 0 Å². The highest BCUT2D eigenvalue weighted by atomic mass is 35.5. The molecular formula is C19H20Cl2FNO5. The normalized spacial score (nSPS) is 14.2. The van der Waals surface area contributed by atoms with Crippen LogP contribution in [0.15, 0.2) is 23.3 Å². The molecule has 0 radical (unpaired) electrons. The van der Waals surface area contributed by atoms with E-state index in [1.807, 2.05) is 0 Å². The maximum absolute atomic E-state index is 14.6. The van der Waals surface area contributed by atoms with Gasteiger partial charge in [0.15, 0.2) is 0 Å². The van der Waals surface area contributed by atoms with Gasteiger partial charge in [-0.15, -0.1) is 11.6 Å². The molecule has 1 aromatic carbocycles. The van der Waals surface area contributed by atoms with E-state index >= 15 is 0 Å². The molecule has 0 aliphatic heterocycles. The Balaban J connectivity index is 2.60. The van der Waals surface area contributed by atoms with E-state index in [-0.39, 0.29) is 40.9 Å². The zero-order valence-electron chi connectivity index (χ0n) is 15.4. The Morgan fingerprint density at radius 3 is 2.36 bits per heavy atom. The number of ether oxygens (including phenoxy) is 1. The molecule has 0 saturated heterocycles. The molecule has 0 atom stereocenters. The first kappa shape index (κ1) is 22.2. The summed E-state index contributed by atoms with van der Waals surface area (Å²) < 4.78 is 20.1. The zero-order chi connectivity index (χ0) is 21.0. The summed E-state index contributed by atoms with van der Waals surface area (Å²) in [6.07, 6.45) is 1.29. The summed E-state index contributed by atoms with van der Waals surface area (Å²) in [6.45, 7) is 3.47. The number of hydrogen-bond donors (Lipinski definition) is 1. The minimum Gasteiger partial charge on any atom is -0.489 e. The molecule has 2 amide bonds. The number of carbonyl (C=O) groups excluding carboxylic acids is 2. The van der Waals surface area contributed by atoms with E-state index in [1.165, 1.54) is 0 Å². The molecule has 0 unspecified atom stereocenters. The molecule has 1 aliphatic carbocycles. The van der Waals surface area contributed by atoms with Crippen LogP contribution in [0, 0.1) is 5.82 Å². The lowest BCUT2D eigenvalue weighted by atomic mass is 9.90. The molecule has 0 saturated carbocycles. The van der Waals surface area contributed by atoms with Crippen LogP contribution >= 0.6 is 23.2 Å². The van der Waals surface area contributed by atoms with Gasteiger partial charge in [0.1, 0.15) is 17.4 Å². The van der Waals surface area contributed by atoms with Gasteiger partial charge >= 0.3 is 5.97 Å². The Kier molecular flexibility index (Phi) is 7.43. The van der Waals surface area contributed by atoms with Crippen LogP contribution in [-0.2, 0) is 14.4 Å². The minimum absolute atomic E-state index is 0.0243. The number of carbonyl (C=O) groups is 3. The van der Waals surface area contributed by atoms with Crippen LogP contribution in [0.4, 0.5) is 10.1 Å². The minimum atomic E-state index is -1.23. The summed E-state index contributed by atoms with van der Waals surface area (Å²) in [5, 5.41) is 9.36. The van der Waals surface area contributed by atoms with Crippen molar-refractivity contribution in [2.24, 2.45) is 0 Å². The Labute approximate surface area is 171 Å². The number of nitrogens with zero attached hydrogens (tertiary/aromatic N) is 1. The van der Waals surface area contributed by atoms with E-state index in [1.54, 1.807) is 13.8 Å². The van der Waals surface area contributed by atoms with Crippen molar-refractivity contribution in [3.05, 3.63) is 34.1 Å². The van der Waals surface area contributed by atoms with Gasteiger partial charge in [-0.3, -0.25) is 9.59 Å². The summed E-state index contributed by atoms with van der Waals surface area (Å²) in [5.74, 6) is -4.46. The van der Waals surface area contributed by atoms with Gasteiger partial charge in [0, 0.05) is 17.2 Å².